The van der Waals surface area contributed by atoms with Gasteiger partial charge in [0.05, 0.1) is 19.8 Å². The van der Waals surface area contributed by atoms with Crippen LogP contribution in [-0.2, 0) is 28.7 Å². The van der Waals surface area contributed by atoms with Crippen LogP contribution in [0.4, 0.5) is 0 Å². The largest absolute Gasteiger partial charge is 0.480 e. The SMILES string of the molecule is CC[C@H](C)[C@H](NC(=O)CNC(=O)[C@@H](N)CO[C@@H]1OC[C@@H](O)[C@H](O)[C@H]1O)C(=O)NCC(=O)O. The number of aliphatic hydroxyl groups is 3. The zero-order chi connectivity index (χ0) is 24.4. The van der Waals surface area contributed by atoms with E-state index in [2.05, 4.69) is 16.0 Å². The van der Waals surface area contributed by atoms with Crippen LogP contribution in [0.2, 0.25) is 0 Å². The van der Waals surface area contributed by atoms with Crippen LogP contribution >= 0.6 is 0 Å². The average molecular weight is 464 g/mol. The van der Waals surface area contributed by atoms with Gasteiger partial charge < -0.3 is 51.6 Å². The molecule has 3 amide bonds. The lowest BCUT2D eigenvalue weighted by Crippen LogP contribution is -2.55. The second kappa shape index (κ2) is 13.2. The summed E-state index contributed by atoms with van der Waals surface area (Å²) >= 11 is 0. The van der Waals surface area contributed by atoms with E-state index in [9.17, 15) is 34.5 Å². The predicted molar refractivity (Wildman–Crippen MR) is 107 cm³/mol. The van der Waals surface area contributed by atoms with Crippen LogP contribution in [0.3, 0.4) is 0 Å². The van der Waals surface area contributed by atoms with Crippen LogP contribution in [-0.4, -0.2) is 107 Å². The van der Waals surface area contributed by atoms with Crippen molar-refractivity contribution in [3.63, 3.8) is 0 Å². The summed E-state index contributed by atoms with van der Waals surface area (Å²) in [4.78, 5) is 47.0. The number of rotatable bonds is 12. The smallest absolute Gasteiger partial charge is 0.322 e. The minimum absolute atomic E-state index is 0.276. The molecular weight excluding hydrogens is 432 g/mol. The minimum Gasteiger partial charge on any atom is -0.480 e. The van der Waals surface area contributed by atoms with E-state index in [0.717, 1.165) is 0 Å². The van der Waals surface area contributed by atoms with Crippen molar-refractivity contribution in [1.82, 2.24) is 16.0 Å². The molecule has 32 heavy (non-hydrogen) atoms. The van der Waals surface area contributed by atoms with Gasteiger partial charge in [-0.1, -0.05) is 20.3 Å². The molecule has 1 saturated heterocycles. The second-order valence-electron chi connectivity index (χ2n) is 7.45. The first-order valence-corrected chi connectivity index (χ1v) is 10.1. The minimum atomic E-state index is -1.54. The quantitative estimate of drug-likeness (QED) is 0.137. The summed E-state index contributed by atoms with van der Waals surface area (Å²) in [6.07, 6.45) is -5.05. The Kier molecular flexibility index (Phi) is 11.5. The van der Waals surface area contributed by atoms with E-state index >= 15 is 0 Å². The molecule has 0 aliphatic carbocycles. The Labute approximate surface area is 184 Å². The lowest BCUT2D eigenvalue weighted by Gasteiger charge is -2.35. The van der Waals surface area contributed by atoms with Gasteiger partial charge in [-0.05, 0) is 5.92 Å². The van der Waals surface area contributed by atoms with Crippen molar-refractivity contribution < 1.29 is 49.1 Å². The first-order chi connectivity index (χ1) is 15.0. The normalized spacial score (nSPS) is 25.8. The van der Waals surface area contributed by atoms with Gasteiger partial charge in [0, 0.05) is 0 Å². The van der Waals surface area contributed by atoms with Crippen molar-refractivity contribution in [2.45, 2.75) is 57.0 Å². The Morgan fingerprint density at radius 3 is 2.31 bits per heavy atom. The third-order valence-corrected chi connectivity index (χ3v) is 4.88. The highest BCUT2D eigenvalue weighted by atomic mass is 16.7. The number of aliphatic carboxylic acids is 1. The number of hydrogen-bond donors (Lipinski definition) is 8. The van der Waals surface area contributed by atoms with E-state index in [0.29, 0.717) is 6.42 Å². The van der Waals surface area contributed by atoms with Gasteiger partial charge in [0.25, 0.3) is 0 Å². The predicted octanol–water partition coefficient (Wildman–Crippen LogP) is -4.38. The van der Waals surface area contributed by atoms with E-state index in [1.54, 1.807) is 13.8 Å². The summed E-state index contributed by atoms with van der Waals surface area (Å²) in [6, 6.07) is -2.24. The van der Waals surface area contributed by atoms with Gasteiger partial charge in [-0.2, -0.15) is 0 Å². The Balaban J connectivity index is 2.47. The third kappa shape index (κ3) is 8.64. The maximum atomic E-state index is 12.2. The molecule has 0 aromatic carbocycles. The van der Waals surface area contributed by atoms with Gasteiger partial charge in [-0.25, -0.2) is 0 Å². The Hall–Kier alpha value is -2.36. The number of carboxylic acids is 1. The Morgan fingerprint density at radius 1 is 1.09 bits per heavy atom. The molecule has 1 rings (SSSR count). The topological polar surface area (TPSA) is 230 Å². The summed E-state index contributed by atoms with van der Waals surface area (Å²) < 4.78 is 10.2. The molecule has 1 fully saturated rings. The Morgan fingerprint density at radius 2 is 1.72 bits per heavy atom. The summed E-state index contributed by atoms with van der Waals surface area (Å²) in [5, 5.41) is 44.3. The number of nitrogens with one attached hydrogen (secondary N) is 3. The van der Waals surface area contributed by atoms with Gasteiger partial charge in [0.1, 0.15) is 36.9 Å². The van der Waals surface area contributed by atoms with Crippen LogP contribution in [0.5, 0.6) is 0 Å². The molecule has 7 atom stereocenters. The van der Waals surface area contributed by atoms with Crippen LogP contribution in [0.25, 0.3) is 0 Å². The standard InChI is InChI=1S/C18H32N4O10/c1-3-8(2)13(17(30)21-5-12(25)26)22-11(24)4-20-16(29)9(19)6-31-18-15(28)14(27)10(23)7-32-18/h8-10,13-15,18,23,27-28H,3-7,19H2,1-2H3,(H,20,29)(H,21,30)(H,22,24)(H,25,26)/t8-,9-,10+,13-,14-,15+,18+/m0/s1. The van der Waals surface area contributed by atoms with Crippen molar-refractivity contribution >= 4 is 23.7 Å². The number of amides is 3. The van der Waals surface area contributed by atoms with E-state index in [-0.39, 0.29) is 12.5 Å². The van der Waals surface area contributed by atoms with Crippen molar-refractivity contribution in [3.05, 3.63) is 0 Å². The highest BCUT2D eigenvalue weighted by molar-refractivity contribution is 5.92. The van der Waals surface area contributed by atoms with Crippen LogP contribution in [0.1, 0.15) is 20.3 Å². The molecule has 0 radical (unpaired) electrons. The van der Waals surface area contributed by atoms with Crippen molar-refractivity contribution in [2.75, 3.05) is 26.3 Å². The zero-order valence-electron chi connectivity index (χ0n) is 17.9. The molecular formula is C18H32N4O10. The van der Waals surface area contributed by atoms with E-state index < -0.39 is 80.1 Å². The van der Waals surface area contributed by atoms with Gasteiger partial charge in [0.15, 0.2) is 6.29 Å². The molecule has 0 saturated carbocycles. The van der Waals surface area contributed by atoms with Gasteiger partial charge in [0.2, 0.25) is 17.7 Å². The maximum Gasteiger partial charge on any atom is 0.322 e. The number of carboxylic acid groups (broad SMARTS) is 1. The molecule has 0 unspecified atom stereocenters. The summed E-state index contributed by atoms with van der Waals surface area (Å²) in [6.45, 7) is 1.71. The van der Waals surface area contributed by atoms with Crippen molar-refractivity contribution in [3.8, 4) is 0 Å². The molecule has 1 heterocycles. The highest BCUT2D eigenvalue weighted by Gasteiger charge is 2.38. The van der Waals surface area contributed by atoms with Gasteiger partial charge in [-0.3, -0.25) is 19.2 Å². The molecule has 0 bridgehead atoms. The first kappa shape index (κ1) is 27.7. The lowest BCUT2D eigenvalue weighted by atomic mass is 9.98. The van der Waals surface area contributed by atoms with Gasteiger partial charge in [-0.15, -0.1) is 0 Å². The molecule has 0 aromatic rings. The number of nitrogens with two attached hydrogens (primary N) is 1. The lowest BCUT2D eigenvalue weighted by molar-refractivity contribution is -0.270. The Bertz CT molecular complexity index is 664. The van der Waals surface area contributed by atoms with Gasteiger partial charge >= 0.3 is 5.97 Å². The fourth-order valence-electron chi connectivity index (χ4n) is 2.70. The summed E-state index contributed by atoms with van der Waals surface area (Å²) in [5.74, 6) is -3.64. The number of aliphatic hydroxyl groups excluding tert-OH is 3. The summed E-state index contributed by atoms with van der Waals surface area (Å²) in [7, 11) is 0. The van der Waals surface area contributed by atoms with Crippen molar-refractivity contribution in [1.29, 1.82) is 0 Å². The van der Waals surface area contributed by atoms with Crippen LogP contribution in [0, 0.1) is 5.92 Å². The van der Waals surface area contributed by atoms with Crippen molar-refractivity contribution in [2.24, 2.45) is 11.7 Å². The molecule has 184 valence electrons. The highest BCUT2D eigenvalue weighted by Crippen LogP contribution is 2.16. The van der Waals surface area contributed by atoms with Crippen LogP contribution < -0.4 is 21.7 Å². The molecule has 14 heteroatoms. The molecule has 1 aliphatic rings. The summed E-state index contributed by atoms with van der Waals surface area (Å²) in [5.41, 5.74) is 5.68. The molecule has 9 N–H and O–H groups in total. The molecule has 14 nitrogen and oxygen atoms in total. The maximum absolute atomic E-state index is 12.2. The molecule has 1 aliphatic heterocycles. The van der Waals surface area contributed by atoms with E-state index in [1.807, 2.05) is 0 Å². The third-order valence-electron chi connectivity index (χ3n) is 4.88. The molecule has 0 spiro atoms. The monoisotopic (exact) mass is 464 g/mol. The van der Waals surface area contributed by atoms with Crippen LogP contribution in [0.15, 0.2) is 0 Å². The number of ether oxygens (including phenoxy) is 2. The average Bonchev–Trinajstić information content (AvgIpc) is 2.76. The first-order valence-electron chi connectivity index (χ1n) is 10.1. The van der Waals surface area contributed by atoms with E-state index in [1.165, 1.54) is 0 Å². The second-order valence-corrected chi connectivity index (χ2v) is 7.45. The number of carbonyl (C=O) groups excluding carboxylic acids is 3. The van der Waals surface area contributed by atoms with E-state index in [4.69, 9.17) is 20.3 Å². The number of hydrogen-bond acceptors (Lipinski definition) is 10. The molecule has 0 aromatic heterocycles. The fraction of sp³-hybridized carbons (Fsp3) is 0.778. The fourth-order valence-corrected chi connectivity index (χ4v) is 2.70. The number of carbonyl (C=O) groups is 4. The zero-order valence-corrected chi connectivity index (χ0v) is 17.9.